The van der Waals surface area contributed by atoms with Crippen LogP contribution in [0.25, 0.3) is 0 Å². The lowest BCUT2D eigenvalue weighted by molar-refractivity contribution is -0.129. The number of nitrogens with one attached hydrogen (secondary N) is 1. The van der Waals surface area contributed by atoms with Gasteiger partial charge < -0.3 is 10.4 Å². The van der Waals surface area contributed by atoms with Gasteiger partial charge in [0.2, 0.25) is 5.91 Å². The van der Waals surface area contributed by atoms with Crippen LogP contribution >= 0.6 is 11.6 Å². The van der Waals surface area contributed by atoms with Crippen molar-refractivity contribution >= 4 is 17.5 Å². The highest BCUT2D eigenvalue weighted by atomic mass is 35.5. The zero-order valence-electron chi connectivity index (χ0n) is 10.1. The van der Waals surface area contributed by atoms with Crippen molar-refractivity contribution in [3.63, 3.8) is 0 Å². The molecule has 1 amide bonds. The number of carbonyl (C=O) groups is 1. The largest absolute Gasteiger partial charge is 0.388 e. The third kappa shape index (κ3) is 4.39. The normalized spacial score (nSPS) is 12.7. The van der Waals surface area contributed by atoms with Gasteiger partial charge in [-0.3, -0.25) is 4.79 Å². The summed E-state index contributed by atoms with van der Waals surface area (Å²) in [6, 6.07) is 0. The first-order chi connectivity index (χ1) is 6.81. The van der Waals surface area contributed by atoms with Crippen molar-refractivity contribution in [3.05, 3.63) is 0 Å². The maximum atomic E-state index is 11.7. The molecule has 0 rings (SSSR count). The molecule has 0 heterocycles. The van der Waals surface area contributed by atoms with Gasteiger partial charge in [-0.2, -0.15) is 0 Å². The van der Waals surface area contributed by atoms with Gasteiger partial charge in [-0.1, -0.05) is 13.8 Å². The van der Waals surface area contributed by atoms with Crippen LogP contribution in [0.2, 0.25) is 0 Å². The van der Waals surface area contributed by atoms with E-state index >= 15 is 0 Å². The van der Waals surface area contributed by atoms with Gasteiger partial charge in [0.25, 0.3) is 0 Å². The summed E-state index contributed by atoms with van der Waals surface area (Å²) in [5.74, 6) is 0.160. The zero-order chi connectivity index (χ0) is 12.1. The van der Waals surface area contributed by atoms with E-state index in [0.717, 1.165) is 0 Å². The van der Waals surface area contributed by atoms with Crippen molar-refractivity contribution in [2.45, 2.75) is 46.1 Å². The Bertz CT molecular complexity index is 213. The second kappa shape index (κ2) is 5.71. The summed E-state index contributed by atoms with van der Waals surface area (Å²) < 4.78 is 0. The van der Waals surface area contributed by atoms with Crippen LogP contribution in [0.1, 0.15) is 40.5 Å². The van der Waals surface area contributed by atoms with E-state index in [0.29, 0.717) is 19.4 Å². The molecule has 0 saturated carbocycles. The highest BCUT2D eigenvalue weighted by Gasteiger charge is 2.29. The van der Waals surface area contributed by atoms with Crippen LogP contribution in [-0.4, -0.2) is 29.0 Å². The van der Waals surface area contributed by atoms with E-state index in [9.17, 15) is 9.90 Å². The molecule has 0 saturated heterocycles. The highest BCUT2D eigenvalue weighted by molar-refractivity contribution is 6.19. The first-order valence-electron chi connectivity index (χ1n) is 5.38. The van der Waals surface area contributed by atoms with Crippen LogP contribution < -0.4 is 5.32 Å². The van der Waals surface area contributed by atoms with Crippen molar-refractivity contribution in [1.82, 2.24) is 5.32 Å². The highest BCUT2D eigenvalue weighted by Crippen LogP contribution is 2.18. The Morgan fingerprint density at radius 1 is 1.33 bits per heavy atom. The van der Waals surface area contributed by atoms with E-state index in [1.54, 1.807) is 13.8 Å². The average Bonchev–Trinajstić information content (AvgIpc) is 2.25. The van der Waals surface area contributed by atoms with E-state index in [1.807, 2.05) is 13.8 Å². The molecule has 0 aromatic carbocycles. The second-order valence-corrected chi connectivity index (χ2v) is 4.90. The number of halogens is 1. The molecule has 15 heavy (non-hydrogen) atoms. The van der Waals surface area contributed by atoms with Crippen LogP contribution in [0.15, 0.2) is 0 Å². The Morgan fingerprint density at radius 2 is 1.80 bits per heavy atom. The number of rotatable bonds is 6. The van der Waals surface area contributed by atoms with Crippen LogP contribution in [-0.2, 0) is 4.79 Å². The number of hydrogen-bond acceptors (Lipinski definition) is 2. The minimum absolute atomic E-state index is 0.113. The molecule has 2 N–H and O–H groups in total. The Kier molecular flexibility index (Phi) is 5.60. The molecule has 0 spiro atoms. The molecular weight excluding hydrogens is 214 g/mol. The van der Waals surface area contributed by atoms with Crippen LogP contribution in [0.3, 0.4) is 0 Å². The quantitative estimate of drug-likeness (QED) is 0.691. The zero-order valence-corrected chi connectivity index (χ0v) is 10.8. The fourth-order valence-electron chi connectivity index (χ4n) is 1.04. The number of carbonyl (C=O) groups excluding carboxylic acids is 1. The maximum Gasteiger partial charge on any atom is 0.226 e. The molecule has 4 heteroatoms. The molecule has 0 unspecified atom stereocenters. The van der Waals surface area contributed by atoms with Gasteiger partial charge in [0.15, 0.2) is 0 Å². The molecule has 3 nitrogen and oxygen atoms in total. The van der Waals surface area contributed by atoms with Crippen molar-refractivity contribution in [2.24, 2.45) is 5.41 Å². The first-order valence-corrected chi connectivity index (χ1v) is 5.91. The molecule has 0 bridgehead atoms. The smallest absolute Gasteiger partial charge is 0.226 e. The summed E-state index contributed by atoms with van der Waals surface area (Å²) in [7, 11) is 0. The van der Waals surface area contributed by atoms with E-state index in [1.165, 1.54) is 0 Å². The van der Waals surface area contributed by atoms with Gasteiger partial charge in [0.1, 0.15) is 0 Å². The molecule has 90 valence electrons. The van der Waals surface area contributed by atoms with E-state index in [4.69, 9.17) is 11.6 Å². The fraction of sp³-hybridized carbons (Fsp3) is 0.909. The Labute approximate surface area is 97.2 Å². The minimum atomic E-state index is -0.794. The van der Waals surface area contributed by atoms with Gasteiger partial charge in [-0.15, -0.1) is 11.6 Å². The van der Waals surface area contributed by atoms with Crippen LogP contribution in [0.5, 0.6) is 0 Å². The van der Waals surface area contributed by atoms with Crippen LogP contribution in [0, 0.1) is 5.41 Å². The van der Waals surface area contributed by atoms with Gasteiger partial charge in [0, 0.05) is 12.4 Å². The maximum absolute atomic E-state index is 11.7. The molecule has 0 aromatic heterocycles. The summed E-state index contributed by atoms with van der Waals surface area (Å²) in [5, 5.41) is 12.7. The molecule has 0 radical (unpaired) electrons. The van der Waals surface area contributed by atoms with Gasteiger partial charge >= 0.3 is 0 Å². The third-order valence-electron chi connectivity index (χ3n) is 2.84. The lowest BCUT2D eigenvalue weighted by Gasteiger charge is -2.28. The van der Waals surface area contributed by atoms with Gasteiger partial charge in [0.05, 0.1) is 11.0 Å². The molecule has 0 aliphatic rings. The van der Waals surface area contributed by atoms with Crippen LogP contribution in [0.4, 0.5) is 0 Å². The van der Waals surface area contributed by atoms with Crippen molar-refractivity contribution in [3.8, 4) is 0 Å². The number of aliphatic hydroxyl groups is 1. The number of hydrogen-bond donors (Lipinski definition) is 2. The lowest BCUT2D eigenvalue weighted by atomic mass is 9.93. The SMILES string of the molecule is CCC(O)(CC)CNC(=O)C(C)(C)CCl. The predicted octanol–water partition coefficient (Wildman–Crippen LogP) is 1.92. The van der Waals surface area contributed by atoms with E-state index in [-0.39, 0.29) is 11.8 Å². The summed E-state index contributed by atoms with van der Waals surface area (Å²) >= 11 is 5.68. The summed E-state index contributed by atoms with van der Waals surface area (Å²) in [6.07, 6.45) is 1.26. The standard InChI is InChI=1S/C11H22ClNO2/c1-5-11(15,6-2)8-13-9(14)10(3,4)7-12/h15H,5-8H2,1-4H3,(H,13,14). The average molecular weight is 236 g/mol. The number of amides is 1. The van der Waals surface area contributed by atoms with Gasteiger partial charge in [-0.25, -0.2) is 0 Å². The molecular formula is C11H22ClNO2. The third-order valence-corrected chi connectivity index (χ3v) is 3.51. The molecule has 0 aromatic rings. The van der Waals surface area contributed by atoms with E-state index in [2.05, 4.69) is 5.32 Å². The molecule has 0 aliphatic carbocycles. The Morgan fingerprint density at radius 3 is 2.13 bits per heavy atom. The monoisotopic (exact) mass is 235 g/mol. The number of alkyl halides is 1. The molecule has 0 atom stereocenters. The van der Waals surface area contributed by atoms with Crippen molar-refractivity contribution in [1.29, 1.82) is 0 Å². The Hall–Kier alpha value is -0.280. The summed E-state index contributed by atoms with van der Waals surface area (Å²) in [4.78, 5) is 11.7. The molecule has 0 aliphatic heterocycles. The second-order valence-electron chi connectivity index (χ2n) is 4.63. The van der Waals surface area contributed by atoms with Gasteiger partial charge in [-0.05, 0) is 26.7 Å². The minimum Gasteiger partial charge on any atom is -0.388 e. The molecule has 0 fully saturated rings. The van der Waals surface area contributed by atoms with Crippen molar-refractivity contribution < 1.29 is 9.90 Å². The summed E-state index contributed by atoms with van der Waals surface area (Å²) in [6.45, 7) is 7.67. The van der Waals surface area contributed by atoms with Crippen molar-refractivity contribution in [2.75, 3.05) is 12.4 Å². The van der Waals surface area contributed by atoms with E-state index < -0.39 is 11.0 Å². The topological polar surface area (TPSA) is 49.3 Å². The lowest BCUT2D eigenvalue weighted by Crippen LogP contribution is -2.46. The first kappa shape index (κ1) is 14.7. The predicted molar refractivity (Wildman–Crippen MR) is 63.0 cm³/mol. The summed E-state index contributed by atoms with van der Waals surface area (Å²) in [5.41, 5.74) is -1.37. The fourth-order valence-corrected chi connectivity index (χ4v) is 1.17. The Balaban J connectivity index is 4.22.